The molecule has 2 aliphatic heterocycles. The number of methoxy groups -OCH3 is 2. The monoisotopic (exact) mass is 870 g/mol. The van der Waals surface area contributed by atoms with Crippen molar-refractivity contribution in [3.05, 3.63) is 167 Å². The van der Waals surface area contributed by atoms with Gasteiger partial charge in [-0.1, -0.05) is 36.4 Å². The van der Waals surface area contributed by atoms with Crippen LogP contribution in [0, 0.1) is 25.5 Å². The fourth-order valence-corrected chi connectivity index (χ4v) is 7.72. The number of morpholine rings is 2. The van der Waals surface area contributed by atoms with Gasteiger partial charge >= 0.3 is 0 Å². The molecule has 0 aliphatic carbocycles. The quantitative estimate of drug-likeness (QED) is 0.125. The molecule has 0 saturated carbocycles. The smallest absolute Gasteiger partial charge is 0.289 e. The van der Waals surface area contributed by atoms with Crippen molar-refractivity contribution in [1.82, 2.24) is 28.9 Å². The van der Waals surface area contributed by atoms with Crippen LogP contribution in [0.25, 0.3) is 23.5 Å². The average Bonchev–Trinajstić information content (AvgIpc) is 3.93. The molecule has 14 heteroatoms. The largest absolute Gasteiger partial charge is 0.495 e. The predicted octanol–water partition coefficient (Wildman–Crippen LogP) is 9.36. The van der Waals surface area contributed by atoms with E-state index in [0.717, 1.165) is 45.0 Å². The minimum Gasteiger partial charge on any atom is -0.495 e. The minimum absolute atomic E-state index is 0.169. The third kappa shape index (κ3) is 10.2. The van der Waals surface area contributed by atoms with Gasteiger partial charge in [0.25, 0.3) is 11.8 Å². The number of rotatable bonds is 10. The van der Waals surface area contributed by atoms with E-state index < -0.39 is 0 Å². The Morgan fingerprint density at radius 3 is 1.33 bits per heavy atom. The number of ether oxygens (including phenoxy) is 4. The molecule has 0 bridgehead atoms. The van der Waals surface area contributed by atoms with Crippen LogP contribution in [0.2, 0.25) is 0 Å². The Morgan fingerprint density at radius 1 is 0.625 bits per heavy atom. The molecule has 2 aliphatic rings. The Bertz CT molecular complexity index is 2490. The summed E-state index contributed by atoms with van der Waals surface area (Å²) in [5.41, 5.74) is 6.83. The number of amides is 2. The number of carbonyl (C=O) groups excluding carboxylic acids is 2. The van der Waals surface area contributed by atoms with Gasteiger partial charge in [0.1, 0.15) is 35.3 Å². The number of halogens is 2. The highest BCUT2D eigenvalue weighted by Crippen LogP contribution is 2.32. The lowest BCUT2D eigenvalue weighted by Gasteiger charge is -2.37. The summed E-state index contributed by atoms with van der Waals surface area (Å²) in [6.07, 6.45) is 10.4. The predicted molar refractivity (Wildman–Crippen MR) is 240 cm³/mol. The maximum absolute atomic E-state index is 13.3. The van der Waals surface area contributed by atoms with Crippen molar-refractivity contribution in [3.8, 4) is 22.9 Å². The van der Waals surface area contributed by atoms with Crippen molar-refractivity contribution in [2.24, 2.45) is 0 Å². The fourth-order valence-electron chi connectivity index (χ4n) is 7.72. The van der Waals surface area contributed by atoms with Crippen LogP contribution in [-0.4, -0.2) is 80.2 Å². The third-order valence-corrected chi connectivity index (χ3v) is 11.1. The van der Waals surface area contributed by atoms with Crippen molar-refractivity contribution in [2.75, 3.05) is 27.3 Å². The molecule has 6 aromatic rings. The van der Waals surface area contributed by atoms with Gasteiger partial charge in [0.05, 0.1) is 74.8 Å². The molecule has 8 rings (SSSR count). The molecule has 2 fully saturated rings. The first kappa shape index (κ1) is 44.8. The maximum atomic E-state index is 13.3. The van der Waals surface area contributed by atoms with Crippen LogP contribution < -0.4 is 9.47 Å². The van der Waals surface area contributed by atoms with Crippen LogP contribution in [0.5, 0.6) is 11.5 Å². The first-order valence-electron chi connectivity index (χ1n) is 21.0. The number of aromatic nitrogens is 4. The van der Waals surface area contributed by atoms with Gasteiger partial charge in [-0.2, -0.15) is 0 Å². The van der Waals surface area contributed by atoms with E-state index in [1.807, 2.05) is 99.5 Å². The fraction of sp³-hybridized carbons (Fsp3) is 0.280. The molecule has 0 N–H and O–H groups in total. The summed E-state index contributed by atoms with van der Waals surface area (Å²) < 4.78 is 53.3. The molecular weight excluding hydrogens is 819 g/mol. The zero-order valence-electron chi connectivity index (χ0n) is 37.2. The summed E-state index contributed by atoms with van der Waals surface area (Å²) in [6, 6.07) is 23.4. The molecule has 4 atom stereocenters. The van der Waals surface area contributed by atoms with E-state index in [2.05, 4.69) is 9.97 Å². The number of aryl methyl sites for hydroxylation is 2. The van der Waals surface area contributed by atoms with Crippen LogP contribution in [0.4, 0.5) is 8.78 Å². The lowest BCUT2D eigenvalue weighted by Crippen LogP contribution is -2.45. The van der Waals surface area contributed by atoms with Crippen LogP contribution in [0.15, 0.2) is 121 Å². The minimum atomic E-state index is -0.300. The highest BCUT2D eigenvalue weighted by Gasteiger charge is 2.34. The number of hydrogen-bond donors (Lipinski definition) is 0. The highest BCUT2D eigenvalue weighted by atomic mass is 19.1. The molecule has 0 radical (unpaired) electrons. The molecule has 0 spiro atoms. The molecule has 2 amide bonds. The van der Waals surface area contributed by atoms with Gasteiger partial charge in [-0.3, -0.25) is 9.59 Å². The number of hydrogen-bond acceptors (Lipinski definition) is 8. The number of nitrogens with zero attached hydrogens (tertiary/aromatic N) is 6. The van der Waals surface area contributed by atoms with E-state index in [4.69, 9.17) is 18.9 Å². The molecule has 12 nitrogen and oxygen atoms in total. The first-order valence-corrected chi connectivity index (χ1v) is 21.0. The van der Waals surface area contributed by atoms with Gasteiger partial charge in [0.2, 0.25) is 0 Å². The molecule has 332 valence electrons. The second-order valence-corrected chi connectivity index (χ2v) is 16.0. The molecule has 4 heterocycles. The standard InChI is InChI=1S/2C25H26FN3O3/c2*1-16-13-28(15-27-16)22-10-5-19(11-23(22)31-4)12-24-25(30)29(14-17(2)32-24)18(3)20-6-8-21(26)9-7-20/h2*5-13,15,17-18H,14H2,1-4H3/b2*24-12-/t17-,18+;17-,18-/m10/s1. The van der Waals surface area contributed by atoms with Gasteiger partial charge in [-0.05, 0) is 124 Å². The zero-order chi connectivity index (χ0) is 45.7. The van der Waals surface area contributed by atoms with Crippen LogP contribution in [-0.2, 0) is 19.1 Å². The van der Waals surface area contributed by atoms with Gasteiger partial charge in [0, 0.05) is 12.4 Å². The van der Waals surface area contributed by atoms with Crippen molar-refractivity contribution in [3.63, 3.8) is 0 Å². The van der Waals surface area contributed by atoms with Crippen molar-refractivity contribution >= 4 is 24.0 Å². The Labute approximate surface area is 372 Å². The Morgan fingerprint density at radius 2 is 1.00 bits per heavy atom. The number of imidazole rings is 2. The lowest BCUT2D eigenvalue weighted by atomic mass is 10.0. The average molecular weight is 871 g/mol. The summed E-state index contributed by atoms with van der Waals surface area (Å²) in [4.78, 5) is 38.5. The normalized spacial score (nSPS) is 18.5. The summed E-state index contributed by atoms with van der Waals surface area (Å²) in [7, 11) is 3.21. The van der Waals surface area contributed by atoms with Crippen molar-refractivity contribution in [1.29, 1.82) is 0 Å². The van der Waals surface area contributed by atoms with Crippen LogP contribution in [0.3, 0.4) is 0 Å². The van der Waals surface area contributed by atoms with Crippen LogP contribution >= 0.6 is 0 Å². The van der Waals surface area contributed by atoms with Gasteiger partial charge in [0.15, 0.2) is 11.5 Å². The van der Waals surface area contributed by atoms with Crippen molar-refractivity contribution < 1.29 is 37.3 Å². The number of carbonyl (C=O) groups is 2. The van der Waals surface area contributed by atoms with E-state index in [1.54, 1.807) is 73.1 Å². The Hall–Kier alpha value is -7.22. The summed E-state index contributed by atoms with van der Waals surface area (Å²) in [5.74, 6) is 0.852. The second kappa shape index (κ2) is 19.4. The van der Waals surface area contributed by atoms with Crippen molar-refractivity contribution in [2.45, 2.75) is 65.8 Å². The van der Waals surface area contributed by atoms with E-state index in [0.29, 0.717) is 24.6 Å². The second-order valence-electron chi connectivity index (χ2n) is 16.0. The Kier molecular flexibility index (Phi) is 13.6. The zero-order valence-corrected chi connectivity index (χ0v) is 37.2. The molecular formula is C50H52F2N6O6. The SMILES string of the molecule is COc1cc(/C=C2\O[C@@H](C)CN([C@@H](C)c3ccc(F)cc3)C2=O)ccc1-n1cnc(C)c1.COc1cc(/C=C2\O[C@H](C)CN([C@@H](C)c3ccc(F)cc3)C2=O)ccc1-n1cnc(C)c1. The summed E-state index contributed by atoms with van der Waals surface area (Å²) in [5, 5.41) is 0. The summed E-state index contributed by atoms with van der Waals surface area (Å²) >= 11 is 0. The number of benzene rings is 4. The molecule has 4 aromatic carbocycles. The lowest BCUT2D eigenvalue weighted by molar-refractivity contribution is -0.142. The van der Waals surface area contributed by atoms with Gasteiger partial charge in [-0.15, -0.1) is 0 Å². The van der Waals surface area contributed by atoms with E-state index in [9.17, 15) is 18.4 Å². The van der Waals surface area contributed by atoms with E-state index in [-0.39, 0.29) is 59.3 Å². The topological polar surface area (TPSA) is 113 Å². The third-order valence-electron chi connectivity index (χ3n) is 11.1. The van der Waals surface area contributed by atoms with Gasteiger partial charge in [-0.25, -0.2) is 18.7 Å². The highest BCUT2D eigenvalue weighted by molar-refractivity contribution is 5.97. The Balaban J connectivity index is 0.000000191. The van der Waals surface area contributed by atoms with E-state index in [1.165, 1.54) is 24.3 Å². The van der Waals surface area contributed by atoms with E-state index >= 15 is 0 Å². The first-order chi connectivity index (χ1) is 30.7. The molecule has 64 heavy (non-hydrogen) atoms. The molecule has 2 aromatic heterocycles. The molecule has 0 unspecified atom stereocenters. The summed E-state index contributed by atoms with van der Waals surface area (Å²) in [6.45, 7) is 12.5. The maximum Gasteiger partial charge on any atom is 0.289 e. The molecule has 2 saturated heterocycles. The van der Waals surface area contributed by atoms with Gasteiger partial charge < -0.3 is 37.9 Å². The van der Waals surface area contributed by atoms with Crippen LogP contribution in [0.1, 0.15) is 73.4 Å².